The van der Waals surface area contributed by atoms with E-state index < -0.39 is 11.7 Å². The fourth-order valence-electron chi connectivity index (χ4n) is 1.32. The fraction of sp³-hybridized carbons (Fsp3) is 0.273. The quantitative estimate of drug-likeness (QED) is 0.359. The Kier molecular flexibility index (Phi) is 4.03. The molecule has 1 aromatic carbocycles. The molecule has 0 saturated carbocycles. The van der Waals surface area contributed by atoms with Crippen molar-refractivity contribution in [3.05, 3.63) is 30.1 Å². The van der Waals surface area contributed by atoms with Gasteiger partial charge in [-0.2, -0.15) is 0 Å². The Morgan fingerprint density at radius 3 is 2.76 bits per heavy atom. The zero-order valence-electron chi connectivity index (χ0n) is 9.59. The topological polar surface area (TPSA) is 78.9 Å². The average Bonchev–Trinajstić information content (AvgIpc) is 2.35. The van der Waals surface area contributed by atoms with E-state index in [1.165, 1.54) is 37.1 Å². The number of amides is 1. The third kappa shape index (κ3) is 2.93. The molecule has 0 aliphatic carbocycles. The first-order valence-electron chi connectivity index (χ1n) is 4.98. The summed E-state index contributed by atoms with van der Waals surface area (Å²) in [5.41, 5.74) is 5.75. The van der Waals surface area contributed by atoms with Crippen LogP contribution in [0, 0.1) is 11.7 Å². The van der Waals surface area contributed by atoms with E-state index in [0.29, 0.717) is 5.69 Å². The normalized spacial score (nSPS) is 13.2. The van der Waals surface area contributed by atoms with E-state index in [-0.39, 0.29) is 11.7 Å². The lowest BCUT2D eigenvalue weighted by Gasteiger charge is -2.20. The van der Waals surface area contributed by atoms with E-state index in [9.17, 15) is 9.18 Å². The zero-order chi connectivity index (χ0) is 13.0. The predicted octanol–water partition coefficient (Wildman–Crippen LogP) is 1.17. The van der Waals surface area contributed by atoms with Gasteiger partial charge in [0.2, 0.25) is 5.91 Å². The summed E-state index contributed by atoms with van der Waals surface area (Å²) in [6.45, 7) is 1.51. The highest BCUT2D eigenvalue weighted by Gasteiger charge is 2.22. The number of nitrogens with two attached hydrogens (primary N) is 1. The second-order valence-electron chi connectivity index (χ2n) is 3.62. The summed E-state index contributed by atoms with van der Waals surface area (Å²) in [6.07, 6.45) is 0. The van der Waals surface area contributed by atoms with Gasteiger partial charge in [-0.25, -0.2) is 4.39 Å². The number of anilines is 1. The van der Waals surface area contributed by atoms with E-state index in [2.05, 4.69) is 5.16 Å². The molecule has 1 atom stereocenters. The molecule has 1 aromatic rings. The van der Waals surface area contributed by atoms with Gasteiger partial charge >= 0.3 is 0 Å². The van der Waals surface area contributed by atoms with Gasteiger partial charge in [-0.3, -0.25) is 4.79 Å². The van der Waals surface area contributed by atoms with Gasteiger partial charge in [-0.1, -0.05) is 11.2 Å². The van der Waals surface area contributed by atoms with Crippen LogP contribution in [0.25, 0.3) is 0 Å². The number of halogens is 1. The molecule has 0 aliphatic heterocycles. The van der Waals surface area contributed by atoms with Crippen molar-refractivity contribution >= 4 is 17.4 Å². The van der Waals surface area contributed by atoms with E-state index in [1.807, 2.05) is 0 Å². The van der Waals surface area contributed by atoms with E-state index in [4.69, 9.17) is 10.9 Å². The zero-order valence-corrected chi connectivity index (χ0v) is 9.59. The maximum Gasteiger partial charge on any atom is 0.237 e. The van der Waals surface area contributed by atoms with Gasteiger partial charge in [0.05, 0.1) is 5.92 Å². The van der Waals surface area contributed by atoms with Crippen molar-refractivity contribution in [1.82, 2.24) is 0 Å². The summed E-state index contributed by atoms with van der Waals surface area (Å²) in [4.78, 5) is 13.1. The lowest BCUT2D eigenvalue weighted by molar-refractivity contribution is -0.119. The molecular weight excluding hydrogens is 225 g/mol. The molecule has 0 bridgehead atoms. The Labute approximate surface area is 98.3 Å². The standard InChI is InChI=1S/C11H14FN3O2/c1-7(10(13)14-17)11(16)15(2)9-5-3-4-8(12)6-9/h3-7,17H,1-2H3,(H2,13,14). The second kappa shape index (κ2) is 5.29. The van der Waals surface area contributed by atoms with Crippen molar-refractivity contribution in [3.63, 3.8) is 0 Å². The van der Waals surface area contributed by atoms with Crippen molar-refractivity contribution in [2.75, 3.05) is 11.9 Å². The maximum atomic E-state index is 13.0. The molecule has 1 rings (SSSR count). The summed E-state index contributed by atoms with van der Waals surface area (Å²) in [5, 5.41) is 11.3. The monoisotopic (exact) mass is 239 g/mol. The van der Waals surface area contributed by atoms with Gasteiger partial charge in [0.15, 0.2) is 5.84 Å². The summed E-state index contributed by atoms with van der Waals surface area (Å²) < 4.78 is 13.0. The van der Waals surface area contributed by atoms with Gasteiger partial charge in [0.25, 0.3) is 0 Å². The molecule has 6 heteroatoms. The molecule has 5 nitrogen and oxygen atoms in total. The highest BCUT2D eigenvalue weighted by atomic mass is 19.1. The summed E-state index contributed by atoms with van der Waals surface area (Å²) >= 11 is 0. The van der Waals surface area contributed by atoms with E-state index in [1.54, 1.807) is 6.07 Å². The smallest absolute Gasteiger partial charge is 0.237 e. The van der Waals surface area contributed by atoms with Crippen LogP contribution in [0.1, 0.15) is 6.92 Å². The van der Waals surface area contributed by atoms with E-state index >= 15 is 0 Å². The molecule has 1 unspecified atom stereocenters. The van der Waals surface area contributed by atoms with Crippen molar-refractivity contribution < 1.29 is 14.4 Å². The number of carbonyl (C=O) groups excluding carboxylic acids is 1. The lowest BCUT2D eigenvalue weighted by atomic mass is 10.1. The van der Waals surface area contributed by atoms with E-state index in [0.717, 1.165) is 0 Å². The number of hydrogen-bond donors (Lipinski definition) is 2. The number of oxime groups is 1. The first-order valence-corrected chi connectivity index (χ1v) is 4.98. The van der Waals surface area contributed by atoms with Crippen LogP contribution < -0.4 is 10.6 Å². The van der Waals surface area contributed by atoms with Gasteiger partial charge in [0.1, 0.15) is 5.82 Å². The third-order valence-corrected chi connectivity index (χ3v) is 2.46. The number of rotatable bonds is 3. The Morgan fingerprint density at radius 1 is 1.59 bits per heavy atom. The summed E-state index contributed by atoms with van der Waals surface area (Å²) in [6, 6.07) is 5.62. The Balaban J connectivity index is 2.90. The molecule has 17 heavy (non-hydrogen) atoms. The highest BCUT2D eigenvalue weighted by Crippen LogP contribution is 2.16. The minimum absolute atomic E-state index is 0.182. The Morgan fingerprint density at radius 2 is 2.24 bits per heavy atom. The van der Waals surface area contributed by atoms with Crippen molar-refractivity contribution in [3.8, 4) is 0 Å². The molecule has 0 radical (unpaired) electrons. The number of amidine groups is 1. The molecule has 0 heterocycles. The minimum Gasteiger partial charge on any atom is -0.409 e. The first-order chi connectivity index (χ1) is 7.97. The Hall–Kier alpha value is -2.11. The molecule has 3 N–H and O–H groups in total. The first kappa shape index (κ1) is 13.0. The second-order valence-corrected chi connectivity index (χ2v) is 3.62. The van der Waals surface area contributed by atoms with Gasteiger partial charge in [0, 0.05) is 12.7 Å². The van der Waals surface area contributed by atoms with Crippen LogP contribution in [0.3, 0.4) is 0 Å². The number of nitrogens with zero attached hydrogens (tertiary/aromatic N) is 2. The van der Waals surface area contributed by atoms with Crippen LogP contribution in [0.2, 0.25) is 0 Å². The third-order valence-electron chi connectivity index (χ3n) is 2.46. The largest absolute Gasteiger partial charge is 0.409 e. The van der Waals surface area contributed by atoms with Crippen LogP contribution in [-0.4, -0.2) is 24.0 Å². The van der Waals surface area contributed by atoms with Crippen LogP contribution in [0.5, 0.6) is 0 Å². The number of carbonyl (C=O) groups is 1. The van der Waals surface area contributed by atoms with Crippen LogP contribution in [0.15, 0.2) is 29.4 Å². The average molecular weight is 239 g/mol. The van der Waals surface area contributed by atoms with Crippen LogP contribution in [-0.2, 0) is 4.79 Å². The maximum absolute atomic E-state index is 13.0. The molecule has 1 amide bonds. The molecule has 0 aliphatic rings. The Bertz CT molecular complexity index is 448. The molecule has 0 spiro atoms. The van der Waals surface area contributed by atoms with Gasteiger partial charge < -0.3 is 15.8 Å². The van der Waals surface area contributed by atoms with Gasteiger partial charge in [-0.15, -0.1) is 0 Å². The number of hydrogen-bond acceptors (Lipinski definition) is 3. The number of benzene rings is 1. The summed E-state index contributed by atoms with van der Waals surface area (Å²) in [5.74, 6) is -1.77. The molecule has 92 valence electrons. The fourth-order valence-corrected chi connectivity index (χ4v) is 1.32. The van der Waals surface area contributed by atoms with Crippen molar-refractivity contribution in [2.24, 2.45) is 16.8 Å². The van der Waals surface area contributed by atoms with Gasteiger partial charge in [-0.05, 0) is 25.1 Å². The van der Waals surface area contributed by atoms with Crippen molar-refractivity contribution in [1.29, 1.82) is 0 Å². The SMILES string of the molecule is CC(C(=O)N(C)c1cccc(F)c1)C(N)=NO. The molecule has 0 aromatic heterocycles. The van der Waals surface area contributed by atoms with Crippen molar-refractivity contribution in [2.45, 2.75) is 6.92 Å². The highest BCUT2D eigenvalue weighted by molar-refractivity contribution is 6.08. The summed E-state index contributed by atoms with van der Waals surface area (Å²) in [7, 11) is 1.50. The predicted molar refractivity (Wildman–Crippen MR) is 62.4 cm³/mol. The van der Waals surface area contributed by atoms with Crippen LogP contribution in [0.4, 0.5) is 10.1 Å². The molecular formula is C11H14FN3O2. The lowest BCUT2D eigenvalue weighted by Crippen LogP contribution is -2.38. The molecule has 0 fully saturated rings. The minimum atomic E-state index is -0.770. The van der Waals surface area contributed by atoms with Crippen LogP contribution >= 0.6 is 0 Å². The molecule has 0 saturated heterocycles.